The minimum Gasteiger partial charge on any atom is -0.286 e. The summed E-state index contributed by atoms with van der Waals surface area (Å²) in [7, 11) is 0. The lowest BCUT2D eigenvalue weighted by molar-refractivity contribution is -0.151. The summed E-state index contributed by atoms with van der Waals surface area (Å²) in [5, 5.41) is 4.46. The second-order valence-electron chi connectivity index (χ2n) is 19.1. The van der Waals surface area contributed by atoms with Crippen LogP contribution >= 0.6 is 0 Å². The average Bonchev–Trinajstić information content (AvgIpc) is 3.40. The molecule has 6 fully saturated rings. The minimum atomic E-state index is 0.475. The van der Waals surface area contributed by atoms with Crippen LogP contribution in [0, 0.1) is 81.8 Å². The fourth-order valence-corrected chi connectivity index (χ4v) is 14.9. The molecular weight excluding hydrogens is 532 g/mol. The summed E-state index contributed by atoms with van der Waals surface area (Å²) in [5.74, 6) is 11.0. The topological polar surface area (TPSA) is 15.3 Å². The van der Waals surface area contributed by atoms with Gasteiger partial charge in [-0.25, -0.2) is 0 Å². The highest BCUT2D eigenvalue weighted by Crippen LogP contribution is 2.65. The van der Waals surface area contributed by atoms with Gasteiger partial charge in [0.15, 0.2) is 0 Å². The molecule has 2 nitrogen and oxygen atoms in total. The van der Waals surface area contributed by atoms with E-state index in [0.29, 0.717) is 23.2 Å². The van der Waals surface area contributed by atoms with Crippen molar-refractivity contribution in [3.63, 3.8) is 0 Å². The van der Waals surface area contributed by atoms with Crippen LogP contribution in [0.1, 0.15) is 124 Å². The van der Waals surface area contributed by atoms with Gasteiger partial charge in [0.1, 0.15) is 0 Å². The first kappa shape index (κ1) is 29.3. The van der Waals surface area contributed by atoms with E-state index >= 15 is 0 Å². The maximum absolute atomic E-state index is 4.46. The van der Waals surface area contributed by atoms with Crippen LogP contribution < -0.4 is 5.32 Å². The van der Waals surface area contributed by atoms with Crippen molar-refractivity contribution < 1.29 is 0 Å². The van der Waals surface area contributed by atoms with Crippen LogP contribution in [0.5, 0.6) is 0 Å². The standard InChI is InChI=1S/C42H64N2/c1-41(2)35-15-9-7-13-31(35)33-21-18-28(24-37(33)41)39-43-40(44(39)30-20-17-26-11-5-6-12-27(26)23-30)29-19-22-34-32-14-8-10-16-36(32)42(3,4)38(34)25-29/h5,9-11,15-16,26-40,43H,6-8,12-14,17-25H2,1-4H3. The van der Waals surface area contributed by atoms with Crippen LogP contribution in [0.4, 0.5) is 0 Å². The fourth-order valence-electron chi connectivity index (χ4n) is 14.9. The van der Waals surface area contributed by atoms with E-state index in [9.17, 15) is 0 Å². The maximum Gasteiger partial charge on any atom is 0.0654 e. The van der Waals surface area contributed by atoms with Crippen molar-refractivity contribution in [2.75, 3.05) is 0 Å². The van der Waals surface area contributed by atoms with Gasteiger partial charge in [0.2, 0.25) is 0 Å². The molecule has 8 aliphatic carbocycles. The summed E-state index contributed by atoms with van der Waals surface area (Å²) in [6.45, 7) is 10.6. The maximum atomic E-state index is 4.46. The number of allylic oxidation sites excluding steroid dienone is 6. The Balaban J connectivity index is 0.964. The van der Waals surface area contributed by atoms with Gasteiger partial charge in [-0.05, 0) is 178 Å². The molecule has 1 saturated heterocycles. The van der Waals surface area contributed by atoms with Crippen molar-refractivity contribution in [1.82, 2.24) is 10.2 Å². The third-order valence-electron chi connectivity index (χ3n) is 17.0. The first-order valence-electron chi connectivity index (χ1n) is 19.9. The molecule has 9 aliphatic rings. The number of nitrogens with zero attached hydrogens (tertiary/aromatic N) is 1. The summed E-state index contributed by atoms with van der Waals surface area (Å²) in [6, 6.07) is 0.818. The van der Waals surface area contributed by atoms with Crippen LogP contribution in [-0.4, -0.2) is 23.3 Å². The molecule has 0 aromatic heterocycles. The van der Waals surface area contributed by atoms with Crippen LogP contribution in [0.15, 0.2) is 36.5 Å². The van der Waals surface area contributed by atoms with Crippen LogP contribution in [0.2, 0.25) is 0 Å². The summed E-state index contributed by atoms with van der Waals surface area (Å²) >= 11 is 0. The second kappa shape index (κ2) is 10.8. The van der Waals surface area contributed by atoms with Gasteiger partial charge in [0.05, 0.1) is 12.3 Å². The molecule has 0 aromatic rings. The first-order chi connectivity index (χ1) is 21.3. The van der Waals surface area contributed by atoms with Crippen molar-refractivity contribution >= 4 is 0 Å². The van der Waals surface area contributed by atoms with E-state index in [1.807, 2.05) is 0 Å². The molecule has 0 amide bonds. The van der Waals surface area contributed by atoms with E-state index in [4.69, 9.17) is 0 Å². The smallest absolute Gasteiger partial charge is 0.0654 e. The molecule has 242 valence electrons. The van der Waals surface area contributed by atoms with Gasteiger partial charge < -0.3 is 0 Å². The zero-order valence-electron chi connectivity index (χ0n) is 28.7. The Hall–Kier alpha value is -0.860. The van der Waals surface area contributed by atoms with Crippen LogP contribution in [0.25, 0.3) is 0 Å². The third-order valence-corrected chi connectivity index (χ3v) is 17.0. The summed E-state index contributed by atoms with van der Waals surface area (Å²) < 4.78 is 0. The lowest BCUT2D eigenvalue weighted by atomic mass is 9.63. The molecule has 15 atom stereocenters. The first-order valence-corrected chi connectivity index (χ1v) is 19.9. The zero-order chi connectivity index (χ0) is 29.8. The Bertz CT molecular complexity index is 1110. The quantitative estimate of drug-likeness (QED) is 0.326. The molecule has 5 saturated carbocycles. The fraction of sp³-hybridized carbons (Fsp3) is 0.857. The molecule has 15 unspecified atom stereocenters. The van der Waals surface area contributed by atoms with E-state index in [1.165, 1.54) is 96.3 Å². The SMILES string of the molecule is CC1(C)C2C=CCCC2C2CCC(C3NC(C4CCC5C6CCC=CC6C(C)(C)C5C4)N3C3CCC4C=CCCC4C3)CC21. The van der Waals surface area contributed by atoms with E-state index in [0.717, 1.165) is 77.1 Å². The lowest BCUT2D eigenvalue weighted by Crippen LogP contribution is -2.77. The van der Waals surface area contributed by atoms with Gasteiger partial charge in [-0.1, -0.05) is 64.2 Å². The Morgan fingerprint density at radius 3 is 1.66 bits per heavy atom. The van der Waals surface area contributed by atoms with Gasteiger partial charge >= 0.3 is 0 Å². The molecule has 0 spiro atoms. The third kappa shape index (κ3) is 4.37. The Labute approximate surface area is 270 Å². The number of hydrogen-bond donors (Lipinski definition) is 1. The second-order valence-corrected chi connectivity index (χ2v) is 19.1. The lowest BCUT2D eigenvalue weighted by Gasteiger charge is -2.62. The normalized spacial score (nSPS) is 53.6. The van der Waals surface area contributed by atoms with Gasteiger partial charge in [0, 0.05) is 6.04 Å². The summed E-state index contributed by atoms with van der Waals surface area (Å²) in [4.78, 5) is 3.22. The number of nitrogens with one attached hydrogen (secondary N) is 1. The summed E-state index contributed by atoms with van der Waals surface area (Å²) in [6.07, 6.45) is 38.4. The highest BCUT2D eigenvalue weighted by Gasteiger charge is 2.61. The predicted molar refractivity (Wildman–Crippen MR) is 182 cm³/mol. The molecule has 0 bridgehead atoms. The van der Waals surface area contributed by atoms with Crippen molar-refractivity contribution in [2.45, 2.75) is 142 Å². The Kier molecular flexibility index (Phi) is 7.21. The molecule has 1 N–H and O–H groups in total. The van der Waals surface area contributed by atoms with E-state index < -0.39 is 0 Å². The molecular formula is C42H64N2. The van der Waals surface area contributed by atoms with E-state index in [-0.39, 0.29) is 0 Å². The monoisotopic (exact) mass is 597 g/mol. The number of hydrogen-bond acceptors (Lipinski definition) is 2. The molecule has 9 rings (SSSR count). The van der Waals surface area contributed by atoms with Gasteiger partial charge in [-0.3, -0.25) is 10.2 Å². The highest BCUT2D eigenvalue weighted by atomic mass is 15.5. The minimum absolute atomic E-state index is 0.475. The van der Waals surface area contributed by atoms with E-state index in [2.05, 4.69) is 74.4 Å². The Morgan fingerprint density at radius 2 is 1.07 bits per heavy atom. The van der Waals surface area contributed by atoms with Gasteiger partial charge in [0.25, 0.3) is 0 Å². The molecule has 1 heterocycles. The average molecular weight is 597 g/mol. The largest absolute Gasteiger partial charge is 0.286 e. The van der Waals surface area contributed by atoms with Gasteiger partial charge in [-0.2, -0.15) is 0 Å². The summed E-state index contributed by atoms with van der Waals surface area (Å²) in [5.41, 5.74) is 0.951. The molecule has 0 radical (unpaired) electrons. The zero-order valence-corrected chi connectivity index (χ0v) is 28.7. The predicted octanol–water partition coefficient (Wildman–Crippen LogP) is 9.99. The number of fused-ring (bicyclic) bond motifs is 7. The van der Waals surface area contributed by atoms with Gasteiger partial charge in [-0.15, -0.1) is 0 Å². The van der Waals surface area contributed by atoms with Crippen LogP contribution in [0.3, 0.4) is 0 Å². The van der Waals surface area contributed by atoms with Crippen molar-refractivity contribution in [2.24, 2.45) is 81.8 Å². The van der Waals surface area contributed by atoms with Crippen LogP contribution in [-0.2, 0) is 0 Å². The highest BCUT2D eigenvalue weighted by molar-refractivity contribution is 5.17. The number of rotatable bonds is 3. The molecule has 0 aromatic carbocycles. The van der Waals surface area contributed by atoms with Crippen molar-refractivity contribution in [3.8, 4) is 0 Å². The Morgan fingerprint density at radius 1 is 0.523 bits per heavy atom. The van der Waals surface area contributed by atoms with Crippen molar-refractivity contribution in [1.29, 1.82) is 0 Å². The molecule has 44 heavy (non-hydrogen) atoms. The molecule has 1 aliphatic heterocycles. The van der Waals surface area contributed by atoms with E-state index in [1.54, 1.807) is 0 Å². The molecule has 2 heteroatoms. The van der Waals surface area contributed by atoms with Crippen molar-refractivity contribution in [3.05, 3.63) is 36.5 Å².